The minimum atomic E-state index is -4.53. The van der Waals surface area contributed by atoms with Gasteiger partial charge < -0.3 is 19.7 Å². The molecule has 0 spiro atoms. The van der Waals surface area contributed by atoms with E-state index in [1.165, 1.54) is 0 Å². The van der Waals surface area contributed by atoms with Crippen molar-refractivity contribution in [2.75, 3.05) is 44.8 Å². The van der Waals surface area contributed by atoms with Gasteiger partial charge in [-0.3, -0.25) is 0 Å². The van der Waals surface area contributed by atoms with Crippen LogP contribution in [0.4, 0.5) is 19.0 Å². The average Bonchev–Trinajstić information content (AvgIpc) is 3.38. The van der Waals surface area contributed by atoms with Crippen LogP contribution in [0, 0.1) is 24.7 Å². The molecule has 2 saturated heterocycles. The van der Waals surface area contributed by atoms with Crippen molar-refractivity contribution in [1.82, 2.24) is 15.1 Å². The molecule has 6 nitrogen and oxygen atoms in total. The number of halogens is 3. The zero-order valence-corrected chi connectivity index (χ0v) is 21.0. The lowest BCUT2D eigenvalue weighted by molar-refractivity contribution is -0.137. The second-order valence-corrected chi connectivity index (χ2v) is 10.5. The first-order valence-corrected chi connectivity index (χ1v) is 13.1. The van der Waals surface area contributed by atoms with Crippen LogP contribution in [-0.2, 0) is 10.9 Å². The Hall–Kier alpha value is -2.39. The lowest BCUT2D eigenvalue weighted by Gasteiger charge is -2.28. The smallest absolute Gasteiger partial charge is 0.420 e. The Bertz CT molecular complexity index is 1040. The molecule has 2 atom stereocenters. The van der Waals surface area contributed by atoms with E-state index in [2.05, 4.69) is 20.4 Å². The number of nitrogens with zero attached hydrogens (tertiary/aromatic N) is 3. The van der Waals surface area contributed by atoms with Crippen molar-refractivity contribution >= 4 is 5.82 Å². The molecule has 9 heteroatoms. The third kappa shape index (κ3) is 5.62. The minimum Gasteiger partial charge on any atom is -0.494 e. The number of aromatic nitrogens is 2. The molecule has 3 fully saturated rings. The van der Waals surface area contributed by atoms with Crippen LogP contribution in [0.1, 0.15) is 43.7 Å². The van der Waals surface area contributed by atoms with Crippen LogP contribution in [0.2, 0.25) is 0 Å². The summed E-state index contributed by atoms with van der Waals surface area (Å²) in [6, 6.07) is 6.39. The van der Waals surface area contributed by atoms with E-state index in [0.717, 1.165) is 70.2 Å². The molecule has 0 radical (unpaired) electrons. The summed E-state index contributed by atoms with van der Waals surface area (Å²) >= 11 is 0. The van der Waals surface area contributed by atoms with E-state index in [-0.39, 0.29) is 17.6 Å². The molecule has 36 heavy (non-hydrogen) atoms. The number of benzene rings is 1. The maximum atomic E-state index is 14.0. The second kappa shape index (κ2) is 10.5. The average molecular weight is 505 g/mol. The Morgan fingerprint density at radius 2 is 1.81 bits per heavy atom. The molecule has 2 unspecified atom stereocenters. The number of alkyl halides is 3. The summed E-state index contributed by atoms with van der Waals surface area (Å²) in [6.07, 6.45) is -0.537. The van der Waals surface area contributed by atoms with Crippen molar-refractivity contribution in [2.24, 2.45) is 17.8 Å². The molecule has 2 aliphatic heterocycles. The molecular weight excluding hydrogens is 469 g/mol. The summed E-state index contributed by atoms with van der Waals surface area (Å²) in [5.74, 6) is 2.26. The lowest BCUT2D eigenvalue weighted by Crippen LogP contribution is -2.32. The molecule has 5 rings (SSSR count). The van der Waals surface area contributed by atoms with Gasteiger partial charge in [-0.15, -0.1) is 10.2 Å². The summed E-state index contributed by atoms with van der Waals surface area (Å²) < 4.78 is 53.1. The van der Waals surface area contributed by atoms with Gasteiger partial charge in [0.2, 0.25) is 0 Å². The number of nitrogens with one attached hydrogen (secondary N) is 1. The lowest BCUT2D eigenvalue weighted by atomic mass is 10.00. The van der Waals surface area contributed by atoms with Gasteiger partial charge in [0.15, 0.2) is 5.82 Å². The molecule has 2 aromatic rings. The SMILES string of the molecule is CCOc1ccc(-c2cc(C(F)(F)F)c(NC3CC4CN(CC5CCOCC5)CC4C3)nn2)c(C)c1. The normalized spacial score (nSPS) is 25.2. The van der Waals surface area contributed by atoms with Crippen molar-refractivity contribution in [3.8, 4) is 17.0 Å². The first-order chi connectivity index (χ1) is 17.3. The van der Waals surface area contributed by atoms with E-state index < -0.39 is 11.7 Å². The van der Waals surface area contributed by atoms with Gasteiger partial charge in [-0.1, -0.05) is 0 Å². The molecular formula is C27H35F3N4O2. The molecule has 1 saturated carbocycles. The third-order valence-corrected chi connectivity index (χ3v) is 7.91. The number of aryl methyl sites for hydroxylation is 1. The number of ether oxygens (including phenoxy) is 2. The number of anilines is 1. The van der Waals surface area contributed by atoms with Crippen LogP contribution in [0.3, 0.4) is 0 Å². The Balaban J connectivity index is 1.26. The van der Waals surface area contributed by atoms with Crippen molar-refractivity contribution in [1.29, 1.82) is 0 Å². The first-order valence-electron chi connectivity index (χ1n) is 13.1. The van der Waals surface area contributed by atoms with Crippen LogP contribution in [0.25, 0.3) is 11.3 Å². The van der Waals surface area contributed by atoms with Crippen LogP contribution < -0.4 is 10.1 Å². The highest BCUT2D eigenvalue weighted by atomic mass is 19.4. The predicted octanol–water partition coefficient (Wildman–Crippen LogP) is 5.42. The van der Waals surface area contributed by atoms with Gasteiger partial charge in [-0.2, -0.15) is 13.2 Å². The second-order valence-electron chi connectivity index (χ2n) is 10.5. The molecule has 3 aliphatic rings. The number of fused-ring (bicyclic) bond motifs is 1. The molecule has 196 valence electrons. The molecule has 1 aromatic heterocycles. The van der Waals surface area contributed by atoms with Gasteiger partial charge in [0.25, 0.3) is 0 Å². The highest BCUT2D eigenvalue weighted by Gasteiger charge is 2.43. The fraction of sp³-hybridized carbons (Fsp3) is 0.630. The zero-order chi connectivity index (χ0) is 25.3. The number of likely N-dealkylation sites (tertiary alicyclic amines) is 1. The Morgan fingerprint density at radius 3 is 2.44 bits per heavy atom. The van der Waals surface area contributed by atoms with Crippen molar-refractivity contribution in [3.05, 3.63) is 35.4 Å². The fourth-order valence-electron chi connectivity index (χ4n) is 6.18. The topological polar surface area (TPSA) is 59.5 Å². The Labute approximate surface area is 210 Å². The van der Waals surface area contributed by atoms with Gasteiger partial charge in [0.05, 0.1) is 12.3 Å². The van der Waals surface area contributed by atoms with Crippen molar-refractivity contribution < 1.29 is 22.6 Å². The zero-order valence-electron chi connectivity index (χ0n) is 21.0. The van der Waals surface area contributed by atoms with Crippen LogP contribution in [0.5, 0.6) is 5.75 Å². The summed E-state index contributed by atoms with van der Waals surface area (Å²) in [5.41, 5.74) is 0.848. The molecule has 1 aromatic carbocycles. The van der Waals surface area contributed by atoms with E-state index in [1.54, 1.807) is 12.1 Å². The first kappa shape index (κ1) is 25.3. The number of hydrogen-bond acceptors (Lipinski definition) is 6. The van der Waals surface area contributed by atoms with Gasteiger partial charge in [0.1, 0.15) is 11.3 Å². The Morgan fingerprint density at radius 1 is 1.08 bits per heavy atom. The van der Waals surface area contributed by atoms with Crippen molar-refractivity contribution in [3.63, 3.8) is 0 Å². The predicted molar refractivity (Wildman–Crippen MR) is 132 cm³/mol. The maximum absolute atomic E-state index is 14.0. The summed E-state index contributed by atoms with van der Waals surface area (Å²) in [5, 5.41) is 11.3. The van der Waals surface area contributed by atoms with E-state index in [0.29, 0.717) is 35.7 Å². The maximum Gasteiger partial charge on any atom is 0.420 e. The van der Waals surface area contributed by atoms with E-state index >= 15 is 0 Å². The number of rotatable bonds is 7. The summed E-state index contributed by atoms with van der Waals surface area (Å²) in [6.45, 7) is 9.15. The van der Waals surface area contributed by atoms with Gasteiger partial charge in [0, 0.05) is 44.5 Å². The van der Waals surface area contributed by atoms with Crippen LogP contribution >= 0.6 is 0 Å². The van der Waals surface area contributed by atoms with Gasteiger partial charge in [-0.25, -0.2) is 0 Å². The molecule has 3 heterocycles. The fourth-order valence-corrected chi connectivity index (χ4v) is 6.18. The third-order valence-electron chi connectivity index (χ3n) is 7.91. The molecule has 0 amide bonds. The van der Waals surface area contributed by atoms with Crippen LogP contribution in [0.15, 0.2) is 24.3 Å². The Kier molecular flexibility index (Phi) is 7.40. The van der Waals surface area contributed by atoms with E-state index in [9.17, 15) is 13.2 Å². The van der Waals surface area contributed by atoms with E-state index in [4.69, 9.17) is 9.47 Å². The van der Waals surface area contributed by atoms with Gasteiger partial charge >= 0.3 is 6.18 Å². The molecule has 1 N–H and O–H groups in total. The largest absolute Gasteiger partial charge is 0.494 e. The molecule has 0 bridgehead atoms. The number of hydrogen-bond donors (Lipinski definition) is 1. The monoisotopic (exact) mass is 504 g/mol. The van der Waals surface area contributed by atoms with Crippen molar-refractivity contribution in [2.45, 2.75) is 51.7 Å². The summed E-state index contributed by atoms with van der Waals surface area (Å²) in [7, 11) is 0. The molecule has 1 aliphatic carbocycles. The quantitative estimate of drug-likeness (QED) is 0.544. The summed E-state index contributed by atoms with van der Waals surface area (Å²) in [4.78, 5) is 2.55. The van der Waals surface area contributed by atoms with E-state index in [1.807, 2.05) is 19.9 Å². The van der Waals surface area contributed by atoms with Gasteiger partial charge in [-0.05, 0) is 87.1 Å². The minimum absolute atomic E-state index is 0.0151. The standard InChI is InChI=1S/C27H35F3N4O2/c1-3-36-22-4-5-23(17(2)10-22)25-13-24(27(28,29)30)26(33-32-25)31-21-11-19-15-34(16-20(19)12-21)14-18-6-8-35-9-7-18/h4-5,10,13,18-21H,3,6-9,11-12,14-16H2,1-2H3,(H,31,33). The highest BCUT2D eigenvalue weighted by molar-refractivity contribution is 5.66. The van der Waals surface area contributed by atoms with Crippen LogP contribution in [-0.4, -0.2) is 60.6 Å². The highest BCUT2D eigenvalue weighted by Crippen LogP contribution is 2.42.